The fourth-order valence-corrected chi connectivity index (χ4v) is 6.56. The molecular formula is C33H57N5O9. The van der Waals surface area contributed by atoms with E-state index in [-0.39, 0.29) is 12.8 Å². The van der Waals surface area contributed by atoms with Crippen LogP contribution in [0.4, 0.5) is 0 Å². The Balaban J connectivity index is 2.94. The number of carbonyl (C=O) groups is 3. The van der Waals surface area contributed by atoms with E-state index in [2.05, 4.69) is 0 Å². The van der Waals surface area contributed by atoms with Crippen LogP contribution >= 0.6 is 0 Å². The van der Waals surface area contributed by atoms with Gasteiger partial charge in [-0.1, -0.05) is 60.8 Å². The molecule has 1 aromatic heterocycles. The van der Waals surface area contributed by atoms with Crippen LogP contribution in [0.1, 0.15) is 106 Å². The number of carbonyl (C=O) groups excluding carboxylic acids is 3. The van der Waals surface area contributed by atoms with E-state index < -0.39 is 74.5 Å². The molecule has 1 aliphatic rings. The maximum absolute atomic E-state index is 14.7. The summed E-state index contributed by atoms with van der Waals surface area (Å²) >= 11 is 0. The van der Waals surface area contributed by atoms with Gasteiger partial charge in [0.25, 0.3) is 5.56 Å². The first-order valence-corrected chi connectivity index (χ1v) is 16.5. The zero-order valence-corrected chi connectivity index (χ0v) is 28.8. The number of aliphatic hydroxyl groups is 3. The van der Waals surface area contributed by atoms with Gasteiger partial charge in [0.05, 0.1) is 0 Å². The summed E-state index contributed by atoms with van der Waals surface area (Å²) in [7, 11) is 0. The van der Waals surface area contributed by atoms with E-state index in [9.17, 15) is 39.3 Å². The van der Waals surface area contributed by atoms with Gasteiger partial charge in [0.2, 0.25) is 5.60 Å². The summed E-state index contributed by atoms with van der Waals surface area (Å²) in [4.78, 5) is 70.5. The predicted molar refractivity (Wildman–Crippen MR) is 176 cm³/mol. The van der Waals surface area contributed by atoms with Crippen LogP contribution in [0.5, 0.6) is 0 Å². The van der Waals surface area contributed by atoms with Gasteiger partial charge in [0, 0.05) is 28.5 Å². The minimum absolute atomic E-state index is 0.167. The summed E-state index contributed by atoms with van der Waals surface area (Å²) in [5.41, 5.74) is 4.51. The highest BCUT2D eigenvalue weighted by Crippen LogP contribution is 2.54. The Morgan fingerprint density at radius 3 is 1.66 bits per heavy atom. The van der Waals surface area contributed by atoms with Gasteiger partial charge in [-0.15, -0.1) is 0 Å². The number of unbranched alkanes of at least 4 members (excludes halogenated alkanes) is 3. The van der Waals surface area contributed by atoms with Crippen LogP contribution in [0, 0.1) is 16.2 Å². The van der Waals surface area contributed by atoms with Crippen LogP contribution in [0.15, 0.2) is 21.9 Å². The second kappa shape index (κ2) is 15.7. The lowest BCUT2D eigenvalue weighted by Gasteiger charge is -2.46. The molecule has 1 saturated heterocycles. The number of aliphatic hydroxyl groups excluding tert-OH is 1. The van der Waals surface area contributed by atoms with Crippen molar-refractivity contribution in [3.63, 3.8) is 0 Å². The van der Waals surface area contributed by atoms with Gasteiger partial charge in [-0.3, -0.25) is 28.7 Å². The molecule has 0 spiro atoms. The maximum atomic E-state index is 14.7. The Kier molecular flexibility index (Phi) is 13.6. The summed E-state index contributed by atoms with van der Waals surface area (Å²) in [5.74, 6) is -2.92. The van der Waals surface area contributed by atoms with Gasteiger partial charge in [-0.05, 0) is 58.2 Å². The van der Waals surface area contributed by atoms with Gasteiger partial charge in [0.15, 0.2) is 29.2 Å². The smallest absolute Gasteiger partial charge is 0.330 e. The van der Waals surface area contributed by atoms with E-state index in [0.29, 0.717) is 69.1 Å². The van der Waals surface area contributed by atoms with Crippen molar-refractivity contribution in [3.05, 3.63) is 33.1 Å². The molecule has 2 heterocycles. The Labute approximate surface area is 276 Å². The van der Waals surface area contributed by atoms with Gasteiger partial charge >= 0.3 is 5.69 Å². The third-order valence-electron chi connectivity index (χ3n) is 9.64. The SMILES string of the molecule is CC(C)(CCCCN)C(=O)C(O)[C@H]1O[C@@H](n2ccc(=O)[nH]c2=O)[C@@](O)(C(=O)C(C)(C)CCCCN)[C@@]1(O)C(=O)C(C)(C)CCCCN. The predicted octanol–water partition coefficient (Wildman–Crippen LogP) is 0.430. The first-order valence-electron chi connectivity index (χ1n) is 16.5. The van der Waals surface area contributed by atoms with E-state index in [0.717, 1.165) is 12.3 Å². The number of Topliss-reactive ketones (excluding diaryl/α,β-unsaturated/α-hetero) is 3. The molecule has 1 fully saturated rings. The Bertz CT molecular complexity index is 1370. The summed E-state index contributed by atoms with van der Waals surface area (Å²) in [5, 5.41) is 37.3. The number of hydrogen-bond acceptors (Lipinski definition) is 12. The topological polar surface area (TPSA) is 254 Å². The highest BCUT2D eigenvalue weighted by molar-refractivity contribution is 6.05. The average molecular weight is 668 g/mol. The summed E-state index contributed by atoms with van der Waals surface area (Å²) in [6, 6.07) is 0.940. The molecule has 2 rings (SSSR count). The van der Waals surface area contributed by atoms with Crippen molar-refractivity contribution in [3.8, 4) is 0 Å². The number of aromatic amines is 1. The first-order chi connectivity index (χ1) is 21.7. The minimum Gasteiger partial charge on any atom is -0.382 e. The number of aromatic nitrogens is 2. The van der Waals surface area contributed by atoms with Crippen molar-refractivity contribution in [1.82, 2.24) is 9.55 Å². The monoisotopic (exact) mass is 667 g/mol. The molecule has 0 aliphatic carbocycles. The molecule has 0 amide bonds. The first kappa shape index (κ1) is 40.6. The number of ether oxygens (including phenoxy) is 1. The van der Waals surface area contributed by atoms with Crippen molar-refractivity contribution in [2.24, 2.45) is 33.4 Å². The van der Waals surface area contributed by atoms with Gasteiger partial charge in [-0.25, -0.2) is 4.79 Å². The van der Waals surface area contributed by atoms with Crippen LogP contribution in [0.25, 0.3) is 0 Å². The lowest BCUT2D eigenvalue weighted by molar-refractivity contribution is -0.197. The molecule has 268 valence electrons. The van der Waals surface area contributed by atoms with Crippen molar-refractivity contribution in [2.45, 2.75) is 129 Å². The van der Waals surface area contributed by atoms with Crippen LogP contribution in [0.2, 0.25) is 0 Å². The fraction of sp³-hybridized carbons (Fsp3) is 0.788. The molecule has 14 heteroatoms. The second-order valence-corrected chi connectivity index (χ2v) is 14.8. The molecule has 1 aromatic rings. The normalized spacial score (nSPS) is 24.3. The molecule has 0 bridgehead atoms. The highest BCUT2D eigenvalue weighted by atomic mass is 16.6. The van der Waals surface area contributed by atoms with E-state index in [1.165, 1.54) is 27.7 Å². The number of hydrogen-bond donors (Lipinski definition) is 7. The van der Waals surface area contributed by atoms with Crippen LogP contribution in [0.3, 0.4) is 0 Å². The van der Waals surface area contributed by atoms with Crippen molar-refractivity contribution < 1.29 is 34.4 Å². The van der Waals surface area contributed by atoms with Crippen LogP contribution in [-0.2, 0) is 19.1 Å². The Morgan fingerprint density at radius 2 is 1.23 bits per heavy atom. The molecule has 14 nitrogen and oxygen atoms in total. The number of nitrogens with zero attached hydrogens (tertiary/aromatic N) is 1. The largest absolute Gasteiger partial charge is 0.382 e. The van der Waals surface area contributed by atoms with Crippen LogP contribution < -0.4 is 28.5 Å². The van der Waals surface area contributed by atoms with E-state index in [1.54, 1.807) is 13.8 Å². The second-order valence-electron chi connectivity index (χ2n) is 14.8. The van der Waals surface area contributed by atoms with Crippen LogP contribution in [-0.4, -0.2) is 85.3 Å². The molecule has 10 N–H and O–H groups in total. The highest BCUT2D eigenvalue weighted by Gasteiger charge is 2.77. The quantitative estimate of drug-likeness (QED) is 0.0935. The molecule has 1 aliphatic heterocycles. The molecule has 5 atom stereocenters. The third-order valence-corrected chi connectivity index (χ3v) is 9.64. The lowest BCUT2D eigenvalue weighted by atomic mass is 9.61. The Morgan fingerprint density at radius 1 is 0.809 bits per heavy atom. The molecule has 47 heavy (non-hydrogen) atoms. The van der Waals surface area contributed by atoms with Crippen molar-refractivity contribution >= 4 is 17.3 Å². The maximum Gasteiger partial charge on any atom is 0.330 e. The summed E-state index contributed by atoms with van der Waals surface area (Å²) in [6.07, 6.45) is -1.82. The number of ketones is 3. The van der Waals surface area contributed by atoms with E-state index in [1.807, 2.05) is 4.98 Å². The van der Waals surface area contributed by atoms with E-state index >= 15 is 0 Å². The third kappa shape index (κ3) is 8.18. The number of nitrogens with two attached hydrogens (primary N) is 3. The number of rotatable bonds is 20. The summed E-state index contributed by atoms with van der Waals surface area (Å²) < 4.78 is 6.73. The number of nitrogens with one attached hydrogen (secondary N) is 1. The van der Waals surface area contributed by atoms with Gasteiger partial charge in [0.1, 0.15) is 12.2 Å². The standard InChI is InChI=1S/C33H57N5O9/c1-29(2,14-7-10-17-34)23(41)22(40)24-32(45,25(42)30(3,4)15-8-11-18-35)33(46,26(43)31(5,6)16-9-12-19-36)27(47-24)38-20-13-21(39)37-28(38)44/h13,20,22,24,27,40,45-46H,7-12,14-19,34-36H2,1-6H3,(H,37,39,44)/t22?,24-,27-,32+,33+/m1/s1. The van der Waals surface area contributed by atoms with Gasteiger partial charge < -0.3 is 37.3 Å². The fourth-order valence-electron chi connectivity index (χ4n) is 6.56. The minimum atomic E-state index is -3.25. The molecule has 0 saturated carbocycles. The zero-order chi connectivity index (χ0) is 36.0. The van der Waals surface area contributed by atoms with E-state index in [4.69, 9.17) is 21.9 Å². The van der Waals surface area contributed by atoms with Gasteiger partial charge in [-0.2, -0.15) is 0 Å². The average Bonchev–Trinajstić information content (AvgIpc) is 3.23. The molecular weight excluding hydrogens is 610 g/mol. The van der Waals surface area contributed by atoms with Crippen molar-refractivity contribution in [1.29, 1.82) is 0 Å². The van der Waals surface area contributed by atoms with Crippen molar-refractivity contribution in [2.75, 3.05) is 19.6 Å². The number of H-pyrrole nitrogens is 1. The zero-order valence-electron chi connectivity index (χ0n) is 28.8. The molecule has 0 aromatic carbocycles. The Hall–Kier alpha value is -2.59. The molecule has 1 unspecified atom stereocenters. The lowest BCUT2D eigenvalue weighted by Crippen LogP contribution is -2.72. The molecule has 0 radical (unpaired) electrons. The summed E-state index contributed by atoms with van der Waals surface area (Å²) in [6.45, 7) is 10.3.